The molecule has 1 rings (SSSR count). The first-order valence-electron chi connectivity index (χ1n) is 4.92. The van der Waals surface area contributed by atoms with Crippen molar-refractivity contribution in [1.82, 2.24) is 5.32 Å². The lowest BCUT2D eigenvalue weighted by molar-refractivity contribution is -0.122. The van der Waals surface area contributed by atoms with Gasteiger partial charge in [-0.05, 0) is 31.6 Å². The highest BCUT2D eigenvalue weighted by atomic mass is 16.2. The average molecular weight is 199 g/mol. The summed E-state index contributed by atoms with van der Waals surface area (Å²) in [5, 5.41) is 2.58. The van der Waals surface area contributed by atoms with Crippen LogP contribution in [0.5, 0.6) is 0 Å². The molecule has 0 aromatic carbocycles. The third kappa shape index (κ3) is 3.24. The smallest absolute Gasteiger partial charge is 0.312 e. The van der Waals surface area contributed by atoms with E-state index in [0.717, 1.165) is 25.7 Å². The zero-order chi connectivity index (χ0) is 10.6. The molecule has 80 valence electrons. The fourth-order valence-corrected chi connectivity index (χ4v) is 1.90. The molecule has 0 atom stereocenters. The lowest BCUT2D eigenvalue weighted by atomic mass is 9.82. The number of nitrogens with two attached hydrogens (primary N) is 2. The molecule has 3 amide bonds. The Balaban J connectivity index is 2.22. The molecule has 14 heavy (non-hydrogen) atoms. The molecule has 1 fully saturated rings. The normalized spacial score (nSPS) is 26.9. The Bertz CT molecular complexity index is 222. The van der Waals surface area contributed by atoms with Gasteiger partial charge in [0.15, 0.2) is 0 Å². The number of carbonyl (C=O) groups excluding carboxylic acids is 2. The van der Waals surface area contributed by atoms with Crippen molar-refractivity contribution in [2.24, 2.45) is 23.3 Å². The average Bonchev–Trinajstić information content (AvgIpc) is 2.15. The second-order valence-electron chi connectivity index (χ2n) is 3.87. The molecular weight excluding hydrogens is 182 g/mol. The van der Waals surface area contributed by atoms with Crippen LogP contribution in [0.25, 0.3) is 0 Å². The summed E-state index contributed by atoms with van der Waals surface area (Å²) in [7, 11) is 0. The maximum absolute atomic E-state index is 10.9. The predicted molar refractivity (Wildman–Crippen MR) is 52.2 cm³/mol. The van der Waals surface area contributed by atoms with Gasteiger partial charge in [0, 0.05) is 12.5 Å². The minimum atomic E-state index is -0.484. The molecule has 5 nitrogen and oxygen atoms in total. The summed E-state index contributed by atoms with van der Waals surface area (Å²) in [6.45, 7) is 0.612. The summed E-state index contributed by atoms with van der Waals surface area (Å²) in [5.41, 5.74) is 10.2. The molecule has 0 aromatic rings. The van der Waals surface area contributed by atoms with Gasteiger partial charge in [0.25, 0.3) is 0 Å². The summed E-state index contributed by atoms with van der Waals surface area (Å²) < 4.78 is 0. The van der Waals surface area contributed by atoms with E-state index in [2.05, 4.69) is 5.32 Å². The number of primary amides is 2. The van der Waals surface area contributed by atoms with Crippen molar-refractivity contribution in [3.63, 3.8) is 0 Å². The van der Waals surface area contributed by atoms with E-state index < -0.39 is 6.03 Å². The van der Waals surface area contributed by atoms with Crippen LogP contribution in [0.15, 0.2) is 0 Å². The van der Waals surface area contributed by atoms with Crippen LogP contribution in [0, 0.1) is 11.8 Å². The van der Waals surface area contributed by atoms with Crippen LogP contribution in [0.4, 0.5) is 4.79 Å². The Morgan fingerprint density at radius 3 is 2.14 bits per heavy atom. The Kier molecular flexibility index (Phi) is 3.73. The van der Waals surface area contributed by atoms with Gasteiger partial charge < -0.3 is 16.8 Å². The van der Waals surface area contributed by atoms with Gasteiger partial charge in [-0.25, -0.2) is 4.79 Å². The SMILES string of the molecule is NC(=O)NCC1CCC(C(N)=O)CC1. The monoisotopic (exact) mass is 199 g/mol. The van der Waals surface area contributed by atoms with Gasteiger partial charge in [-0.15, -0.1) is 0 Å². The molecule has 0 radical (unpaired) electrons. The molecule has 0 aliphatic heterocycles. The summed E-state index contributed by atoms with van der Waals surface area (Å²) in [6.07, 6.45) is 3.54. The van der Waals surface area contributed by atoms with Crippen LogP contribution in [-0.2, 0) is 4.79 Å². The van der Waals surface area contributed by atoms with Gasteiger partial charge in [0.1, 0.15) is 0 Å². The summed E-state index contributed by atoms with van der Waals surface area (Å²) >= 11 is 0. The molecule has 0 spiro atoms. The number of carbonyl (C=O) groups is 2. The molecular formula is C9H17N3O2. The highest BCUT2D eigenvalue weighted by Crippen LogP contribution is 2.27. The molecule has 5 heteroatoms. The van der Waals surface area contributed by atoms with Crippen molar-refractivity contribution in [2.45, 2.75) is 25.7 Å². The van der Waals surface area contributed by atoms with E-state index in [1.54, 1.807) is 0 Å². The summed E-state index contributed by atoms with van der Waals surface area (Å²) in [5.74, 6) is 0.268. The lowest BCUT2D eigenvalue weighted by Gasteiger charge is -2.26. The van der Waals surface area contributed by atoms with Gasteiger partial charge in [-0.2, -0.15) is 0 Å². The first-order valence-corrected chi connectivity index (χ1v) is 4.92. The van der Waals surface area contributed by atoms with Gasteiger partial charge >= 0.3 is 6.03 Å². The van der Waals surface area contributed by atoms with Crippen LogP contribution in [0.1, 0.15) is 25.7 Å². The van der Waals surface area contributed by atoms with Crippen molar-refractivity contribution in [3.8, 4) is 0 Å². The van der Waals surface area contributed by atoms with E-state index in [0.29, 0.717) is 12.5 Å². The summed E-state index contributed by atoms with van der Waals surface area (Å²) in [6, 6.07) is -0.484. The zero-order valence-corrected chi connectivity index (χ0v) is 8.16. The van der Waals surface area contributed by atoms with E-state index in [1.165, 1.54) is 0 Å². The zero-order valence-electron chi connectivity index (χ0n) is 8.16. The van der Waals surface area contributed by atoms with Crippen molar-refractivity contribution in [1.29, 1.82) is 0 Å². The number of hydrogen-bond donors (Lipinski definition) is 3. The topological polar surface area (TPSA) is 98.2 Å². The standard InChI is InChI=1S/C9H17N3O2/c10-8(13)7-3-1-6(2-4-7)5-12-9(11)14/h6-7H,1-5H2,(H2,10,13)(H3,11,12,14). The number of urea groups is 1. The molecule has 5 N–H and O–H groups in total. The molecule has 0 heterocycles. The maximum atomic E-state index is 10.9. The molecule has 1 aliphatic carbocycles. The van der Waals surface area contributed by atoms with Crippen LogP contribution in [-0.4, -0.2) is 18.5 Å². The van der Waals surface area contributed by atoms with Crippen molar-refractivity contribution >= 4 is 11.9 Å². The first-order chi connectivity index (χ1) is 6.59. The minimum absolute atomic E-state index is 0.0276. The second kappa shape index (κ2) is 4.83. The largest absolute Gasteiger partial charge is 0.369 e. The fraction of sp³-hybridized carbons (Fsp3) is 0.778. The Morgan fingerprint density at radius 1 is 1.14 bits per heavy atom. The van der Waals surface area contributed by atoms with Crippen LogP contribution < -0.4 is 16.8 Å². The van der Waals surface area contributed by atoms with E-state index in [-0.39, 0.29) is 11.8 Å². The van der Waals surface area contributed by atoms with Gasteiger partial charge in [-0.1, -0.05) is 0 Å². The molecule has 0 aromatic heterocycles. The third-order valence-corrected chi connectivity index (χ3v) is 2.81. The van der Waals surface area contributed by atoms with E-state index in [1.807, 2.05) is 0 Å². The van der Waals surface area contributed by atoms with Gasteiger partial charge in [0.2, 0.25) is 5.91 Å². The van der Waals surface area contributed by atoms with E-state index in [9.17, 15) is 9.59 Å². The Morgan fingerprint density at radius 2 is 1.71 bits per heavy atom. The van der Waals surface area contributed by atoms with Crippen LogP contribution in [0.3, 0.4) is 0 Å². The molecule has 0 bridgehead atoms. The number of hydrogen-bond acceptors (Lipinski definition) is 2. The Labute approximate surface area is 83.2 Å². The maximum Gasteiger partial charge on any atom is 0.312 e. The van der Waals surface area contributed by atoms with Crippen LogP contribution >= 0.6 is 0 Å². The van der Waals surface area contributed by atoms with Gasteiger partial charge in [0.05, 0.1) is 0 Å². The first kappa shape index (κ1) is 10.8. The van der Waals surface area contributed by atoms with Crippen molar-refractivity contribution in [2.75, 3.05) is 6.54 Å². The fourth-order valence-electron chi connectivity index (χ4n) is 1.90. The highest BCUT2D eigenvalue weighted by molar-refractivity contribution is 5.76. The van der Waals surface area contributed by atoms with Gasteiger partial charge in [-0.3, -0.25) is 4.79 Å². The Hall–Kier alpha value is -1.26. The van der Waals surface area contributed by atoms with E-state index >= 15 is 0 Å². The minimum Gasteiger partial charge on any atom is -0.369 e. The quantitative estimate of drug-likeness (QED) is 0.593. The number of nitrogens with one attached hydrogen (secondary N) is 1. The number of amides is 3. The second-order valence-corrected chi connectivity index (χ2v) is 3.87. The van der Waals surface area contributed by atoms with Crippen LogP contribution in [0.2, 0.25) is 0 Å². The molecule has 1 saturated carbocycles. The van der Waals surface area contributed by atoms with Crippen molar-refractivity contribution < 1.29 is 9.59 Å². The molecule has 0 saturated heterocycles. The van der Waals surface area contributed by atoms with Crippen molar-refractivity contribution in [3.05, 3.63) is 0 Å². The lowest BCUT2D eigenvalue weighted by Crippen LogP contribution is -2.36. The highest BCUT2D eigenvalue weighted by Gasteiger charge is 2.24. The predicted octanol–water partition coefficient (Wildman–Crippen LogP) is -0.0536. The summed E-state index contributed by atoms with van der Waals surface area (Å²) in [4.78, 5) is 21.3. The third-order valence-electron chi connectivity index (χ3n) is 2.81. The number of rotatable bonds is 3. The molecule has 1 aliphatic rings. The van der Waals surface area contributed by atoms with E-state index in [4.69, 9.17) is 11.5 Å². The molecule has 0 unspecified atom stereocenters.